The highest BCUT2D eigenvalue weighted by Gasteiger charge is 2.36. The summed E-state index contributed by atoms with van der Waals surface area (Å²) in [6.07, 6.45) is 1.78. The van der Waals surface area contributed by atoms with Crippen molar-refractivity contribution in [3.8, 4) is 5.75 Å². The highest BCUT2D eigenvalue weighted by Crippen LogP contribution is 2.47. The van der Waals surface area contributed by atoms with Crippen LogP contribution in [-0.4, -0.2) is 23.1 Å². The molecule has 178 valence electrons. The van der Waals surface area contributed by atoms with E-state index in [1.807, 2.05) is 78.9 Å². The SMILES string of the molecule is COc1ccc(/C=C2\NC(=S)N(N=P(c3ccccc3)(c3ccccc3)c3ccccc3)C2=O)cc1. The van der Waals surface area contributed by atoms with E-state index in [0.29, 0.717) is 5.70 Å². The number of amides is 1. The lowest BCUT2D eigenvalue weighted by Crippen LogP contribution is -2.31. The van der Waals surface area contributed by atoms with E-state index in [4.69, 9.17) is 21.8 Å². The summed E-state index contributed by atoms with van der Waals surface area (Å²) >= 11 is 5.63. The third-order valence-electron chi connectivity index (χ3n) is 5.90. The number of rotatable bonds is 6. The second kappa shape index (κ2) is 10.3. The monoisotopic (exact) mass is 509 g/mol. The molecule has 0 aromatic heterocycles. The topological polar surface area (TPSA) is 53.9 Å². The fourth-order valence-corrected chi connectivity index (χ4v) is 7.89. The molecule has 7 heteroatoms. The molecule has 1 aliphatic rings. The standard InChI is InChI=1S/C29H24N3O2PS/c1-34-23-19-17-22(18-20-23)21-27-28(33)32(29(36)30-27)31-35(24-11-5-2-6-12-24,25-13-7-3-8-14-25)26-15-9-4-10-16-26/h2-21H,1H3,(H,30,36)/b27-21-. The number of nitrogens with one attached hydrogen (secondary N) is 1. The number of hydrogen-bond acceptors (Lipinski definition) is 4. The van der Waals surface area contributed by atoms with E-state index in [1.165, 1.54) is 5.01 Å². The summed E-state index contributed by atoms with van der Waals surface area (Å²) in [5.74, 6) is 0.459. The summed E-state index contributed by atoms with van der Waals surface area (Å²) in [6, 6.07) is 37.9. The average molecular weight is 510 g/mol. The molecule has 1 N–H and O–H groups in total. The molecule has 1 saturated heterocycles. The zero-order chi connectivity index (χ0) is 25.0. The van der Waals surface area contributed by atoms with E-state index in [0.717, 1.165) is 27.2 Å². The van der Waals surface area contributed by atoms with Gasteiger partial charge in [-0.3, -0.25) is 4.79 Å². The minimum atomic E-state index is -2.64. The van der Waals surface area contributed by atoms with Crippen LogP contribution in [0.5, 0.6) is 5.75 Å². The van der Waals surface area contributed by atoms with Crippen LogP contribution in [0.15, 0.2) is 126 Å². The number of carbonyl (C=O) groups excluding carboxylic acids is 1. The molecule has 0 aliphatic carbocycles. The van der Waals surface area contributed by atoms with Gasteiger partial charge in [0.2, 0.25) is 5.11 Å². The van der Waals surface area contributed by atoms with E-state index in [-0.39, 0.29) is 11.0 Å². The zero-order valence-electron chi connectivity index (χ0n) is 19.6. The molecule has 4 aromatic carbocycles. The quantitative estimate of drug-likeness (QED) is 0.230. The van der Waals surface area contributed by atoms with E-state index < -0.39 is 7.05 Å². The molecule has 5 rings (SSSR count). The van der Waals surface area contributed by atoms with Gasteiger partial charge in [0.25, 0.3) is 5.91 Å². The van der Waals surface area contributed by atoms with E-state index >= 15 is 0 Å². The van der Waals surface area contributed by atoms with Crippen molar-refractivity contribution in [3.05, 3.63) is 127 Å². The van der Waals surface area contributed by atoms with E-state index in [9.17, 15) is 4.79 Å². The third-order valence-corrected chi connectivity index (χ3v) is 9.76. The molecule has 1 fully saturated rings. The summed E-state index contributed by atoms with van der Waals surface area (Å²) < 4.78 is 5.23. The Morgan fingerprint density at radius 1 is 0.778 bits per heavy atom. The fourth-order valence-electron chi connectivity index (χ4n) is 4.14. The molecule has 1 heterocycles. The van der Waals surface area contributed by atoms with E-state index in [1.54, 1.807) is 13.2 Å². The lowest BCUT2D eigenvalue weighted by Gasteiger charge is -2.28. The van der Waals surface area contributed by atoms with Crippen LogP contribution >= 0.6 is 19.3 Å². The van der Waals surface area contributed by atoms with Gasteiger partial charge >= 0.3 is 0 Å². The second-order valence-electron chi connectivity index (χ2n) is 8.11. The molecule has 0 spiro atoms. The van der Waals surface area contributed by atoms with E-state index in [2.05, 4.69) is 41.7 Å². The number of carbonyl (C=O) groups is 1. The minimum absolute atomic E-state index is 0.256. The molecule has 5 nitrogen and oxygen atoms in total. The number of benzene rings is 4. The second-order valence-corrected chi connectivity index (χ2v) is 11.5. The van der Waals surface area contributed by atoms with Gasteiger partial charge in [0, 0.05) is 15.9 Å². The summed E-state index contributed by atoms with van der Waals surface area (Å²) in [6.45, 7) is 0. The molecule has 36 heavy (non-hydrogen) atoms. The summed E-state index contributed by atoms with van der Waals surface area (Å²) in [5.41, 5.74) is 1.23. The predicted molar refractivity (Wildman–Crippen MR) is 151 cm³/mol. The highest BCUT2D eigenvalue weighted by molar-refractivity contribution is 7.87. The van der Waals surface area contributed by atoms with Crippen molar-refractivity contribution in [3.63, 3.8) is 0 Å². The number of methoxy groups -OCH3 is 1. The largest absolute Gasteiger partial charge is 0.497 e. The first-order valence-electron chi connectivity index (χ1n) is 11.4. The van der Waals surface area contributed by atoms with Crippen molar-refractivity contribution < 1.29 is 9.53 Å². The van der Waals surface area contributed by atoms with Crippen LogP contribution in [0.2, 0.25) is 0 Å². The number of ether oxygens (including phenoxy) is 1. The highest BCUT2D eigenvalue weighted by atomic mass is 32.1. The van der Waals surface area contributed by atoms with Crippen LogP contribution in [0.4, 0.5) is 0 Å². The Labute approximate surface area is 216 Å². The van der Waals surface area contributed by atoms with Crippen molar-refractivity contribution in [1.82, 2.24) is 10.3 Å². The maximum atomic E-state index is 13.6. The Kier molecular flexibility index (Phi) is 6.81. The maximum absolute atomic E-state index is 13.6. The molecular weight excluding hydrogens is 485 g/mol. The van der Waals surface area contributed by atoms with Gasteiger partial charge in [-0.1, -0.05) is 103 Å². The Bertz CT molecular complexity index is 1370. The normalized spacial score (nSPS) is 14.6. The molecule has 1 amide bonds. The van der Waals surface area contributed by atoms with Gasteiger partial charge in [0.1, 0.15) is 11.4 Å². The first-order chi connectivity index (χ1) is 17.6. The Morgan fingerprint density at radius 2 is 1.25 bits per heavy atom. The first-order valence-corrected chi connectivity index (χ1v) is 13.6. The van der Waals surface area contributed by atoms with Crippen LogP contribution in [0.3, 0.4) is 0 Å². The van der Waals surface area contributed by atoms with Gasteiger partial charge in [-0.05, 0) is 36.0 Å². The van der Waals surface area contributed by atoms with Gasteiger partial charge in [-0.2, -0.15) is 9.86 Å². The minimum Gasteiger partial charge on any atom is -0.497 e. The number of thiocarbonyl (C=S) groups is 1. The van der Waals surface area contributed by atoms with Crippen molar-refractivity contribution in [1.29, 1.82) is 0 Å². The van der Waals surface area contributed by atoms with Crippen molar-refractivity contribution in [2.24, 2.45) is 4.85 Å². The molecule has 4 aromatic rings. The molecule has 0 radical (unpaired) electrons. The van der Waals surface area contributed by atoms with Crippen LogP contribution in [0.1, 0.15) is 5.56 Å². The molecule has 0 unspecified atom stereocenters. The van der Waals surface area contributed by atoms with Crippen LogP contribution in [0.25, 0.3) is 6.08 Å². The zero-order valence-corrected chi connectivity index (χ0v) is 21.3. The Balaban J connectivity index is 1.69. The van der Waals surface area contributed by atoms with Gasteiger partial charge in [-0.25, -0.2) is 0 Å². The molecule has 0 saturated carbocycles. The molecular formula is C29H24N3O2PS. The summed E-state index contributed by atoms with van der Waals surface area (Å²) in [7, 11) is -1.02. The Hall–Kier alpha value is -3.99. The fraction of sp³-hybridized carbons (Fsp3) is 0.0345. The third kappa shape index (κ3) is 4.49. The van der Waals surface area contributed by atoms with Crippen molar-refractivity contribution in [2.45, 2.75) is 0 Å². The van der Waals surface area contributed by atoms with Gasteiger partial charge in [0.05, 0.1) is 14.2 Å². The average Bonchev–Trinajstić information content (AvgIpc) is 3.20. The Morgan fingerprint density at radius 3 is 1.69 bits per heavy atom. The molecule has 1 aliphatic heterocycles. The van der Waals surface area contributed by atoms with Gasteiger partial charge in [0.15, 0.2) is 0 Å². The van der Waals surface area contributed by atoms with Crippen LogP contribution in [-0.2, 0) is 4.79 Å². The molecule has 0 atom stereocenters. The summed E-state index contributed by atoms with van der Waals surface area (Å²) in [5, 5.41) is 7.78. The lowest BCUT2D eigenvalue weighted by molar-refractivity contribution is -0.122. The first kappa shape index (κ1) is 23.7. The summed E-state index contributed by atoms with van der Waals surface area (Å²) in [4.78, 5) is 18.9. The number of hydrogen-bond donors (Lipinski definition) is 1. The predicted octanol–water partition coefficient (Wildman–Crippen LogP) is 4.85. The lowest BCUT2D eigenvalue weighted by atomic mass is 10.2. The van der Waals surface area contributed by atoms with Crippen LogP contribution < -0.4 is 26.0 Å². The number of nitrogens with zero attached hydrogens (tertiary/aromatic N) is 2. The van der Waals surface area contributed by atoms with Gasteiger partial charge in [-0.15, -0.1) is 0 Å². The van der Waals surface area contributed by atoms with Crippen LogP contribution in [0, 0.1) is 0 Å². The smallest absolute Gasteiger partial charge is 0.297 e. The maximum Gasteiger partial charge on any atom is 0.297 e. The molecule has 0 bridgehead atoms. The van der Waals surface area contributed by atoms with Gasteiger partial charge < -0.3 is 10.1 Å². The van der Waals surface area contributed by atoms with Crippen molar-refractivity contribution >= 4 is 52.3 Å². The van der Waals surface area contributed by atoms with Crippen molar-refractivity contribution in [2.75, 3.05) is 7.11 Å².